The fourth-order valence-electron chi connectivity index (χ4n) is 3.49. The quantitative estimate of drug-likeness (QED) is 0.519. The van der Waals surface area contributed by atoms with Crippen LogP contribution < -0.4 is 10.6 Å². The van der Waals surface area contributed by atoms with Crippen molar-refractivity contribution >= 4 is 52.3 Å². The number of nitrogens with one attached hydrogen (secondary N) is 2. The SMILES string of the molecule is COC1CCC(C(=O)NC(NC2CCC(Cl)CC2)C(Cl)(Cl)Cl)CC1. The highest BCUT2D eigenvalue weighted by molar-refractivity contribution is 6.68. The number of ether oxygens (including phenoxy) is 1. The first-order valence-electron chi connectivity index (χ1n) is 8.59. The van der Waals surface area contributed by atoms with E-state index in [-0.39, 0.29) is 29.3 Å². The number of hydrogen-bond donors (Lipinski definition) is 2. The van der Waals surface area contributed by atoms with Gasteiger partial charge in [0.05, 0.1) is 6.10 Å². The number of methoxy groups -OCH3 is 1. The second-order valence-corrected chi connectivity index (χ2v) is 9.79. The van der Waals surface area contributed by atoms with E-state index in [9.17, 15) is 4.79 Å². The molecule has 0 heterocycles. The maximum atomic E-state index is 12.6. The summed E-state index contributed by atoms with van der Waals surface area (Å²) in [4.78, 5) is 12.6. The molecule has 2 aliphatic rings. The van der Waals surface area contributed by atoms with Crippen molar-refractivity contribution in [3.05, 3.63) is 0 Å². The average molecular weight is 420 g/mol. The maximum absolute atomic E-state index is 12.6. The molecule has 0 bridgehead atoms. The first-order chi connectivity index (χ1) is 11.3. The smallest absolute Gasteiger partial charge is 0.224 e. The van der Waals surface area contributed by atoms with Gasteiger partial charge in [-0.3, -0.25) is 10.1 Å². The second kappa shape index (κ2) is 9.48. The van der Waals surface area contributed by atoms with Gasteiger partial charge in [0.1, 0.15) is 6.17 Å². The van der Waals surface area contributed by atoms with Crippen molar-refractivity contribution in [1.29, 1.82) is 0 Å². The minimum atomic E-state index is -1.60. The van der Waals surface area contributed by atoms with E-state index in [1.165, 1.54) is 0 Å². The van der Waals surface area contributed by atoms with E-state index < -0.39 is 9.96 Å². The summed E-state index contributed by atoms with van der Waals surface area (Å²) < 4.78 is 3.75. The standard InChI is InChI=1S/C16H26Cl4N2O2/c1-24-13-8-2-10(3-9-13)14(23)22-15(16(18,19)20)21-12-6-4-11(17)5-7-12/h10-13,15,21H,2-9H2,1H3,(H,22,23). The lowest BCUT2D eigenvalue weighted by Crippen LogP contribution is -2.58. The Morgan fingerprint density at radius 3 is 2.12 bits per heavy atom. The van der Waals surface area contributed by atoms with Crippen LogP contribution in [0.1, 0.15) is 51.4 Å². The number of hydrogen-bond acceptors (Lipinski definition) is 3. The van der Waals surface area contributed by atoms with Crippen molar-refractivity contribution in [2.45, 2.75) is 78.8 Å². The zero-order valence-electron chi connectivity index (χ0n) is 13.9. The Balaban J connectivity index is 1.88. The molecule has 0 aromatic rings. The Kier molecular flexibility index (Phi) is 8.23. The Hall–Kier alpha value is 0.550. The van der Waals surface area contributed by atoms with Gasteiger partial charge >= 0.3 is 0 Å². The summed E-state index contributed by atoms with van der Waals surface area (Å²) in [6.07, 6.45) is 6.62. The fourth-order valence-corrected chi connectivity index (χ4v) is 4.10. The van der Waals surface area contributed by atoms with E-state index in [4.69, 9.17) is 51.1 Å². The van der Waals surface area contributed by atoms with Crippen molar-refractivity contribution in [1.82, 2.24) is 10.6 Å². The molecular formula is C16H26Cl4N2O2. The third-order valence-corrected chi connectivity index (χ3v) is 6.14. The van der Waals surface area contributed by atoms with Gasteiger partial charge < -0.3 is 10.1 Å². The predicted molar refractivity (Wildman–Crippen MR) is 100 cm³/mol. The second-order valence-electron chi connectivity index (χ2n) is 6.81. The summed E-state index contributed by atoms with van der Waals surface area (Å²) in [6, 6.07) is 0.199. The van der Waals surface area contributed by atoms with Crippen LogP contribution >= 0.6 is 46.4 Å². The predicted octanol–water partition coefficient (Wildman–Crippen LogP) is 4.14. The number of carbonyl (C=O) groups is 1. The van der Waals surface area contributed by atoms with Crippen LogP contribution in [0.4, 0.5) is 0 Å². The molecule has 1 atom stereocenters. The van der Waals surface area contributed by atoms with Gasteiger partial charge in [-0.15, -0.1) is 11.6 Å². The molecular weight excluding hydrogens is 394 g/mol. The summed E-state index contributed by atoms with van der Waals surface area (Å²) in [5, 5.41) is 6.42. The first kappa shape index (κ1) is 20.9. The minimum absolute atomic E-state index is 0.0494. The molecule has 2 aliphatic carbocycles. The van der Waals surface area contributed by atoms with E-state index in [1.54, 1.807) is 7.11 Å². The number of halogens is 4. The molecule has 4 nitrogen and oxygen atoms in total. The van der Waals surface area contributed by atoms with Gasteiger partial charge in [0.25, 0.3) is 0 Å². The normalized spacial score (nSPS) is 33.0. The Bertz CT molecular complexity index is 403. The molecule has 1 amide bonds. The Labute approximate surface area is 164 Å². The molecule has 0 aromatic heterocycles. The zero-order valence-corrected chi connectivity index (χ0v) is 16.9. The molecule has 2 rings (SSSR count). The third-order valence-electron chi connectivity index (χ3n) is 5.05. The molecule has 0 aliphatic heterocycles. The largest absolute Gasteiger partial charge is 0.381 e. The molecule has 0 saturated heterocycles. The van der Waals surface area contributed by atoms with Crippen molar-refractivity contribution in [3.8, 4) is 0 Å². The minimum Gasteiger partial charge on any atom is -0.381 e. The molecule has 140 valence electrons. The van der Waals surface area contributed by atoms with E-state index in [2.05, 4.69) is 10.6 Å². The highest BCUT2D eigenvalue weighted by Crippen LogP contribution is 2.32. The van der Waals surface area contributed by atoms with Gasteiger partial charge in [-0.1, -0.05) is 34.8 Å². The highest BCUT2D eigenvalue weighted by atomic mass is 35.6. The summed E-state index contributed by atoms with van der Waals surface area (Å²) in [5.41, 5.74) is 0. The van der Waals surface area contributed by atoms with Crippen LogP contribution in [0.25, 0.3) is 0 Å². The van der Waals surface area contributed by atoms with Crippen molar-refractivity contribution < 1.29 is 9.53 Å². The van der Waals surface area contributed by atoms with Gasteiger partial charge in [-0.25, -0.2) is 0 Å². The van der Waals surface area contributed by atoms with Crippen LogP contribution in [0, 0.1) is 5.92 Å². The lowest BCUT2D eigenvalue weighted by atomic mass is 9.86. The monoisotopic (exact) mass is 418 g/mol. The van der Waals surface area contributed by atoms with Crippen LogP contribution in [0.2, 0.25) is 0 Å². The number of alkyl halides is 4. The summed E-state index contributed by atoms with van der Waals surface area (Å²) in [7, 11) is 1.71. The summed E-state index contributed by atoms with van der Waals surface area (Å²) in [5.74, 6) is -0.106. The molecule has 8 heteroatoms. The van der Waals surface area contributed by atoms with Gasteiger partial charge in [-0.2, -0.15) is 0 Å². The highest BCUT2D eigenvalue weighted by Gasteiger charge is 2.38. The first-order valence-corrected chi connectivity index (χ1v) is 10.2. The van der Waals surface area contributed by atoms with E-state index in [1.807, 2.05) is 0 Å². The number of carbonyl (C=O) groups excluding carboxylic acids is 1. The van der Waals surface area contributed by atoms with Crippen LogP contribution in [0.5, 0.6) is 0 Å². The van der Waals surface area contributed by atoms with Crippen LogP contribution in [0.3, 0.4) is 0 Å². The summed E-state index contributed by atoms with van der Waals surface area (Å²) in [6.45, 7) is 0. The van der Waals surface area contributed by atoms with Crippen molar-refractivity contribution in [2.75, 3.05) is 7.11 Å². The van der Waals surface area contributed by atoms with E-state index in [0.717, 1.165) is 51.4 Å². The van der Waals surface area contributed by atoms with Crippen LogP contribution in [-0.4, -0.2) is 40.5 Å². The van der Waals surface area contributed by atoms with Crippen molar-refractivity contribution in [2.24, 2.45) is 5.92 Å². The van der Waals surface area contributed by atoms with Crippen LogP contribution in [0.15, 0.2) is 0 Å². The molecule has 2 N–H and O–H groups in total. The molecule has 24 heavy (non-hydrogen) atoms. The van der Waals surface area contributed by atoms with Gasteiger partial charge in [0.2, 0.25) is 9.70 Å². The molecule has 1 unspecified atom stereocenters. The van der Waals surface area contributed by atoms with Crippen molar-refractivity contribution in [3.63, 3.8) is 0 Å². The lowest BCUT2D eigenvalue weighted by molar-refractivity contribution is -0.127. The van der Waals surface area contributed by atoms with Gasteiger partial charge in [0.15, 0.2) is 0 Å². The third kappa shape index (κ3) is 6.37. The van der Waals surface area contributed by atoms with Gasteiger partial charge in [0, 0.05) is 24.4 Å². The van der Waals surface area contributed by atoms with Crippen LogP contribution in [-0.2, 0) is 9.53 Å². The van der Waals surface area contributed by atoms with E-state index in [0.29, 0.717) is 0 Å². The molecule has 0 radical (unpaired) electrons. The lowest BCUT2D eigenvalue weighted by Gasteiger charge is -2.35. The Morgan fingerprint density at radius 2 is 1.62 bits per heavy atom. The molecule has 2 saturated carbocycles. The number of rotatable bonds is 5. The average Bonchev–Trinajstić information content (AvgIpc) is 2.55. The zero-order chi connectivity index (χ0) is 17.7. The topological polar surface area (TPSA) is 50.4 Å². The fraction of sp³-hybridized carbons (Fsp3) is 0.938. The number of amides is 1. The summed E-state index contributed by atoms with van der Waals surface area (Å²) >= 11 is 24.4. The Morgan fingerprint density at radius 1 is 1.04 bits per heavy atom. The molecule has 0 spiro atoms. The van der Waals surface area contributed by atoms with Gasteiger partial charge in [-0.05, 0) is 51.4 Å². The maximum Gasteiger partial charge on any atom is 0.224 e. The molecule has 0 aromatic carbocycles. The van der Waals surface area contributed by atoms with E-state index >= 15 is 0 Å². The molecule has 2 fully saturated rings.